The lowest BCUT2D eigenvalue weighted by atomic mass is 9.92. The van der Waals surface area contributed by atoms with Crippen LogP contribution in [0.5, 0.6) is 6.01 Å². The van der Waals surface area contributed by atoms with E-state index < -0.39 is 11.9 Å². The number of halogens is 1. The molecule has 2 aromatic heterocycles. The lowest BCUT2D eigenvalue weighted by Crippen LogP contribution is -2.55. The van der Waals surface area contributed by atoms with Crippen molar-refractivity contribution in [3.63, 3.8) is 0 Å². The molecule has 46 heavy (non-hydrogen) atoms. The number of ether oxygens (including phenoxy) is 1. The quantitative estimate of drug-likeness (QED) is 0.367. The number of piperazine rings is 1. The van der Waals surface area contributed by atoms with Gasteiger partial charge in [0.05, 0.1) is 23.0 Å². The van der Waals surface area contributed by atoms with Crippen LogP contribution in [0, 0.1) is 5.82 Å². The van der Waals surface area contributed by atoms with Crippen LogP contribution in [-0.4, -0.2) is 99.4 Å². The Labute approximate surface area is 268 Å². The molecule has 4 fully saturated rings. The number of aromatic nitrogens is 3. The molecule has 8 rings (SSSR count). The van der Waals surface area contributed by atoms with Crippen molar-refractivity contribution in [2.24, 2.45) is 0 Å². The first-order valence-corrected chi connectivity index (χ1v) is 16.5. The predicted molar refractivity (Wildman–Crippen MR) is 175 cm³/mol. The van der Waals surface area contributed by atoms with Crippen LogP contribution in [0.2, 0.25) is 0 Å². The number of aryl methyl sites for hydroxylation is 1. The van der Waals surface area contributed by atoms with Crippen LogP contribution in [0.3, 0.4) is 0 Å². The summed E-state index contributed by atoms with van der Waals surface area (Å²) in [6.45, 7) is 15.2. The summed E-state index contributed by atoms with van der Waals surface area (Å²) in [5.41, 5.74) is 5.50. The molecule has 0 radical (unpaired) electrons. The maximum Gasteiger partial charge on any atom is 0.407 e. The third-order valence-corrected chi connectivity index (χ3v) is 10.7. The normalized spacial score (nSPS) is 23.7. The third kappa shape index (κ3) is 4.61. The highest BCUT2D eigenvalue weighted by Gasteiger charge is 2.48. The van der Waals surface area contributed by atoms with Crippen LogP contribution in [0.4, 0.5) is 20.7 Å². The molecular formula is C35H40FN7O3. The van der Waals surface area contributed by atoms with Crippen LogP contribution in [-0.2, 0) is 6.42 Å². The molecule has 3 aromatic rings. The van der Waals surface area contributed by atoms with Gasteiger partial charge in [-0.1, -0.05) is 42.5 Å². The van der Waals surface area contributed by atoms with Gasteiger partial charge in [0.25, 0.3) is 0 Å². The molecule has 1 aromatic carbocycles. The number of anilines is 2. The topological polar surface area (TPSA) is 98.2 Å². The summed E-state index contributed by atoms with van der Waals surface area (Å²) in [4.78, 5) is 34.7. The Morgan fingerprint density at radius 2 is 1.87 bits per heavy atom. The van der Waals surface area contributed by atoms with Crippen LogP contribution < -0.4 is 14.5 Å². The number of benzene rings is 1. The Morgan fingerprint density at radius 1 is 1.13 bits per heavy atom. The Balaban J connectivity index is 1.23. The van der Waals surface area contributed by atoms with Crippen molar-refractivity contribution < 1.29 is 19.0 Å². The smallest absolute Gasteiger partial charge is 0.407 e. The van der Waals surface area contributed by atoms with Crippen LogP contribution in [0.1, 0.15) is 44.6 Å². The largest absolute Gasteiger partial charge is 0.465 e. The Bertz CT molecular complexity index is 1740. The van der Waals surface area contributed by atoms with Crippen molar-refractivity contribution in [2.45, 2.75) is 63.1 Å². The van der Waals surface area contributed by atoms with Gasteiger partial charge in [-0.25, -0.2) is 9.18 Å². The fourth-order valence-electron chi connectivity index (χ4n) is 8.80. The maximum atomic E-state index is 16.9. The van der Waals surface area contributed by atoms with Gasteiger partial charge >= 0.3 is 12.1 Å². The van der Waals surface area contributed by atoms with Crippen LogP contribution in [0.15, 0.2) is 48.7 Å². The Kier molecular flexibility index (Phi) is 6.93. The van der Waals surface area contributed by atoms with Gasteiger partial charge in [0.1, 0.15) is 23.6 Å². The van der Waals surface area contributed by atoms with E-state index in [1.165, 1.54) is 5.56 Å². The van der Waals surface area contributed by atoms with Crippen molar-refractivity contribution in [1.29, 1.82) is 0 Å². The summed E-state index contributed by atoms with van der Waals surface area (Å²) < 4.78 is 23.3. The van der Waals surface area contributed by atoms with E-state index in [9.17, 15) is 9.90 Å². The molecule has 0 aliphatic carbocycles. The molecule has 5 aliphatic heterocycles. The number of amides is 1. The van der Waals surface area contributed by atoms with E-state index in [2.05, 4.69) is 40.8 Å². The van der Waals surface area contributed by atoms with Gasteiger partial charge in [0, 0.05) is 56.7 Å². The first-order valence-electron chi connectivity index (χ1n) is 16.5. The van der Waals surface area contributed by atoms with Crippen molar-refractivity contribution in [2.75, 3.05) is 55.7 Å². The van der Waals surface area contributed by atoms with Crippen LogP contribution in [0.25, 0.3) is 22.2 Å². The SMILES string of the molecule is C=C1CN2CC(=C)CC2(COc2nc(N3C[C@H]4CC[C@@H](C3)N4C(=O)O)c3cnc(-c4cccc5c4N(CC)CCC5)c(F)c3n2)C1. The van der Waals surface area contributed by atoms with E-state index in [1.807, 2.05) is 12.1 Å². The molecule has 10 nitrogen and oxygen atoms in total. The summed E-state index contributed by atoms with van der Waals surface area (Å²) in [6.07, 6.45) is 5.98. The summed E-state index contributed by atoms with van der Waals surface area (Å²) >= 11 is 0. The summed E-state index contributed by atoms with van der Waals surface area (Å²) in [7, 11) is 0. The van der Waals surface area contributed by atoms with E-state index >= 15 is 4.39 Å². The second-order valence-corrected chi connectivity index (χ2v) is 13.7. The third-order valence-electron chi connectivity index (χ3n) is 10.7. The van der Waals surface area contributed by atoms with Gasteiger partial charge in [-0.2, -0.15) is 9.97 Å². The van der Waals surface area contributed by atoms with Crippen molar-refractivity contribution in [1.82, 2.24) is 24.8 Å². The van der Waals surface area contributed by atoms with Crippen molar-refractivity contribution in [3.8, 4) is 17.3 Å². The van der Waals surface area contributed by atoms with E-state index in [-0.39, 0.29) is 34.8 Å². The van der Waals surface area contributed by atoms with Gasteiger partial charge in [-0.15, -0.1) is 0 Å². The molecule has 240 valence electrons. The van der Waals surface area contributed by atoms with E-state index in [0.29, 0.717) is 30.9 Å². The van der Waals surface area contributed by atoms with E-state index in [0.717, 1.165) is 87.1 Å². The van der Waals surface area contributed by atoms with Crippen LogP contribution >= 0.6 is 0 Å². The van der Waals surface area contributed by atoms with Crippen molar-refractivity contribution in [3.05, 3.63) is 60.1 Å². The summed E-state index contributed by atoms with van der Waals surface area (Å²) in [6, 6.07) is 5.85. The lowest BCUT2D eigenvalue weighted by Gasteiger charge is -2.40. The molecule has 0 unspecified atom stereocenters. The fraction of sp³-hybridized carbons (Fsp3) is 0.486. The van der Waals surface area contributed by atoms with E-state index in [1.54, 1.807) is 11.1 Å². The number of para-hydroxylation sites is 1. The number of nitrogens with zero attached hydrogens (tertiary/aromatic N) is 7. The molecule has 2 bridgehead atoms. The molecule has 1 N–H and O–H groups in total. The van der Waals surface area contributed by atoms with Gasteiger partial charge < -0.3 is 19.6 Å². The van der Waals surface area contributed by atoms with Gasteiger partial charge in [0.15, 0.2) is 5.82 Å². The molecule has 4 saturated heterocycles. The minimum absolute atomic E-state index is 0.112. The lowest BCUT2D eigenvalue weighted by molar-refractivity contribution is 0.107. The number of pyridine rings is 1. The monoisotopic (exact) mass is 625 g/mol. The zero-order valence-electron chi connectivity index (χ0n) is 26.3. The highest BCUT2D eigenvalue weighted by Crippen LogP contribution is 2.44. The number of fused-ring (bicyclic) bond motifs is 5. The highest BCUT2D eigenvalue weighted by atomic mass is 19.1. The number of rotatable bonds is 6. The molecule has 0 spiro atoms. The predicted octanol–water partition coefficient (Wildman–Crippen LogP) is 5.27. The highest BCUT2D eigenvalue weighted by molar-refractivity contribution is 5.93. The average Bonchev–Trinajstić information content (AvgIpc) is 3.62. The first kappa shape index (κ1) is 29.2. The molecule has 11 heteroatoms. The Hall–Kier alpha value is -4.25. The minimum Gasteiger partial charge on any atom is -0.465 e. The van der Waals surface area contributed by atoms with E-state index in [4.69, 9.17) is 19.7 Å². The molecule has 5 aliphatic rings. The van der Waals surface area contributed by atoms with Gasteiger partial charge in [0.2, 0.25) is 0 Å². The number of hydrogen-bond acceptors (Lipinski definition) is 8. The summed E-state index contributed by atoms with van der Waals surface area (Å²) in [5.74, 6) is 0.0302. The number of carbonyl (C=O) groups is 1. The average molecular weight is 626 g/mol. The molecule has 7 heterocycles. The second-order valence-electron chi connectivity index (χ2n) is 13.7. The minimum atomic E-state index is -0.895. The standard InChI is InChI=1S/C35H40FN7O3/c1-4-40-12-6-8-23-7-5-9-26(31(23)40)29-28(36)30-27(15-37-29)32(41-18-24-10-11-25(19-41)43(24)34(44)45)39-33(38-30)46-20-35-13-21(2)16-42(35)17-22(3)14-35/h5,7,9,15,24-25H,2-4,6,8,10-14,16-20H2,1H3,(H,44,45)/t24-,25+. The zero-order chi connectivity index (χ0) is 31.7. The molecule has 1 amide bonds. The maximum absolute atomic E-state index is 16.9. The molecule has 0 saturated carbocycles. The van der Waals surface area contributed by atoms with Gasteiger partial charge in [-0.05, 0) is 51.0 Å². The van der Waals surface area contributed by atoms with Gasteiger partial charge in [-0.3, -0.25) is 14.8 Å². The Morgan fingerprint density at radius 3 is 2.57 bits per heavy atom. The number of hydrogen-bond donors (Lipinski definition) is 1. The first-order chi connectivity index (χ1) is 22.2. The van der Waals surface area contributed by atoms with Crippen molar-refractivity contribution >= 4 is 28.5 Å². The molecular weight excluding hydrogens is 585 g/mol. The fourth-order valence-corrected chi connectivity index (χ4v) is 8.80. The summed E-state index contributed by atoms with van der Waals surface area (Å²) in [5, 5.41) is 10.4. The zero-order valence-corrected chi connectivity index (χ0v) is 26.3. The number of carboxylic acid groups (broad SMARTS) is 1. The molecule has 2 atom stereocenters. The second kappa shape index (κ2) is 10.9.